The molecule has 3 nitrogen and oxygen atoms in total. The highest BCUT2D eigenvalue weighted by molar-refractivity contribution is 7.98. The zero-order valence-corrected chi connectivity index (χ0v) is 13.4. The molecular formula is C14H19FN2OS2. The van der Waals surface area contributed by atoms with Crippen LogP contribution in [0.3, 0.4) is 0 Å². The molecule has 0 bridgehead atoms. The van der Waals surface area contributed by atoms with Crippen LogP contribution in [0.25, 0.3) is 11.0 Å². The normalized spacial score (nSPS) is 11.2. The Kier molecular flexibility index (Phi) is 5.48. The first-order valence-corrected chi connectivity index (χ1v) is 8.42. The van der Waals surface area contributed by atoms with Gasteiger partial charge in [0.2, 0.25) is 0 Å². The van der Waals surface area contributed by atoms with Crippen molar-refractivity contribution in [3.63, 3.8) is 0 Å². The van der Waals surface area contributed by atoms with E-state index in [4.69, 9.17) is 17.0 Å². The van der Waals surface area contributed by atoms with Crippen molar-refractivity contribution < 1.29 is 9.13 Å². The van der Waals surface area contributed by atoms with Crippen molar-refractivity contribution >= 4 is 35.0 Å². The van der Waals surface area contributed by atoms with Gasteiger partial charge in [0.25, 0.3) is 0 Å². The Labute approximate surface area is 127 Å². The fraction of sp³-hybridized carbons (Fsp3) is 0.500. The van der Waals surface area contributed by atoms with Crippen LogP contribution < -0.4 is 4.74 Å². The minimum atomic E-state index is -0.372. The summed E-state index contributed by atoms with van der Waals surface area (Å²) in [4.78, 5) is 3.05. The Bertz CT molecular complexity index is 636. The van der Waals surface area contributed by atoms with Crippen molar-refractivity contribution in [3.05, 3.63) is 22.7 Å². The van der Waals surface area contributed by atoms with Crippen molar-refractivity contribution in [1.82, 2.24) is 9.55 Å². The number of methoxy groups -OCH3 is 1. The molecule has 0 unspecified atom stereocenters. The Morgan fingerprint density at radius 3 is 2.85 bits per heavy atom. The average Bonchev–Trinajstić information content (AvgIpc) is 2.72. The molecule has 0 saturated heterocycles. The maximum Gasteiger partial charge on any atom is 0.178 e. The summed E-state index contributed by atoms with van der Waals surface area (Å²) in [5.41, 5.74) is 1.62. The summed E-state index contributed by atoms with van der Waals surface area (Å²) < 4.78 is 21.4. The number of hydrogen-bond acceptors (Lipinski definition) is 3. The lowest BCUT2D eigenvalue weighted by molar-refractivity contribution is 0.387. The number of imidazole rings is 1. The van der Waals surface area contributed by atoms with Crippen LogP contribution in [0.4, 0.5) is 4.39 Å². The number of unbranched alkanes of at least 4 members (excludes halogenated alkanes) is 2. The van der Waals surface area contributed by atoms with Crippen LogP contribution in [-0.2, 0) is 6.54 Å². The molecule has 20 heavy (non-hydrogen) atoms. The summed E-state index contributed by atoms with van der Waals surface area (Å²) in [6.45, 7) is 0.849. The number of aromatic nitrogens is 2. The monoisotopic (exact) mass is 314 g/mol. The van der Waals surface area contributed by atoms with Gasteiger partial charge < -0.3 is 14.3 Å². The van der Waals surface area contributed by atoms with Gasteiger partial charge in [-0.05, 0) is 37.1 Å². The van der Waals surface area contributed by atoms with Gasteiger partial charge in [-0.2, -0.15) is 11.8 Å². The average molecular weight is 314 g/mol. The minimum absolute atomic E-state index is 0.252. The van der Waals surface area contributed by atoms with E-state index in [9.17, 15) is 4.39 Å². The van der Waals surface area contributed by atoms with E-state index in [1.165, 1.54) is 31.8 Å². The van der Waals surface area contributed by atoms with Crippen molar-refractivity contribution in [2.75, 3.05) is 19.1 Å². The molecular weight excluding hydrogens is 295 g/mol. The molecule has 2 aromatic rings. The summed E-state index contributed by atoms with van der Waals surface area (Å²) >= 11 is 7.19. The zero-order valence-electron chi connectivity index (χ0n) is 11.7. The first-order chi connectivity index (χ1) is 9.67. The second-order valence-corrected chi connectivity index (χ2v) is 6.01. The Morgan fingerprint density at radius 1 is 1.35 bits per heavy atom. The fourth-order valence-corrected chi connectivity index (χ4v) is 3.02. The number of nitrogens with one attached hydrogen (secondary N) is 1. The van der Waals surface area contributed by atoms with Crippen LogP contribution in [0.15, 0.2) is 12.1 Å². The third kappa shape index (κ3) is 3.35. The summed E-state index contributed by atoms with van der Waals surface area (Å²) in [6.07, 6.45) is 5.58. The third-order valence-corrected chi connectivity index (χ3v) is 4.30. The maximum absolute atomic E-state index is 13.7. The smallest absolute Gasteiger partial charge is 0.178 e. The molecule has 1 heterocycles. The number of aryl methyl sites for hydroxylation is 1. The van der Waals surface area contributed by atoms with Crippen LogP contribution in [-0.4, -0.2) is 28.7 Å². The van der Waals surface area contributed by atoms with E-state index in [-0.39, 0.29) is 11.6 Å². The third-order valence-electron chi connectivity index (χ3n) is 3.28. The molecule has 0 aliphatic rings. The Morgan fingerprint density at radius 2 is 2.15 bits per heavy atom. The van der Waals surface area contributed by atoms with Crippen LogP contribution in [0.2, 0.25) is 0 Å². The zero-order chi connectivity index (χ0) is 14.5. The largest absolute Gasteiger partial charge is 0.494 e. The van der Waals surface area contributed by atoms with Crippen molar-refractivity contribution in [3.8, 4) is 5.75 Å². The fourth-order valence-electron chi connectivity index (χ4n) is 2.23. The van der Waals surface area contributed by atoms with Crippen LogP contribution in [0, 0.1) is 10.6 Å². The van der Waals surface area contributed by atoms with Crippen LogP contribution in [0.5, 0.6) is 5.75 Å². The summed E-state index contributed by atoms with van der Waals surface area (Å²) in [5, 5.41) is 0. The molecule has 0 saturated carbocycles. The van der Waals surface area contributed by atoms with E-state index in [2.05, 4.69) is 11.2 Å². The quantitative estimate of drug-likeness (QED) is 0.607. The first kappa shape index (κ1) is 15.4. The highest BCUT2D eigenvalue weighted by Gasteiger charge is 2.10. The van der Waals surface area contributed by atoms with Gasteiger partial charge in [0.15, 0.2) is 16.3 Å². The maximum atomic E-state index is 13.7. The van der Waals surface area contributed by atoms with Gasteiger partial charge in [-0.15, -0.1) is 0 Å². The number of nitrogens with zero attached hydrogens (tertiary/aromatic N) is 1. The van der Waals surface area contributed by atoms with E-state index < -0.39 is 0 Å². The molecule has 110 valence electrons. The van der Waals surface area contributed by atoms with Gasteiger partial charge in [-0.25, -0.2) is 4.39 Å². The number of halogens is 1. The summed E-state index contributed by atoms with van der Waals surface area (Å²) in [6, 6.07) is 3.15. The van der Waals surface area contributed by atoms with Gasteiger partial charge in [0.05, 0.1) is 18.1 Å². The van der Waals surface area contributed by atoms with Crippen LogP contribution in [0.1, 0.15) is 19.3 Å². The van der Waals surface area contributed by atoms with Gasteiger partial charge >= 0.3 is 0 Å². The topological polar surface area (TPSA) is 29.9 Å². The molecule has 0 aliphatic heterocycles. The van der Waals surface area contributed by atoms with Crippen molar-refractivity contribution in [2.45, 2.75) is 25.8 Å². The number of H-pyrrole nitrogens is 1. The summed E-state index contributed by atoms with van der Waals surface area (Å²) in [5.74, 6) is 1.07. The molecule has 0 amide bonds. The van der Waals surface area contributed by atoms with Crippen LogP contribution >= 0.6 is 24.0 Å². The van der Waals surface area contributed by atoms with Crippen molar-refractivity contribution in [1.29, 1.82) is 0 Å². The number of aromatic amines is 1. The van der Waals surface area contributed by atoms with Gasteiger partial charge in [0.1, 0.15) is 0 Å². The molecule has 1 aromatic carbocycles. The lowest BCUT2D eigenvalue weighted by Crippen LogP contribution is -1.99. The number of hydrogen-bond donors (Lipinski definition) is 1. The number of rotatable bonds is 7. The van der Waals surface area contributed by atoms with E-state index in [1.54, 1.807) is 6.07 Å². The Hall–Kier alpha value is -1.01. The number of benzene rings is 1. The van der Waals surface area contributed by atoms with Crippen molar-refractivity contribution in [2.24, 2.45) is 0 Å². The van der Waals surface area contributed by atoms with Gasteiger partial charge in [-0.1, -0.05) is 6.42 Å². The van der Waals surface area contributed by atoms with Gasteiger partial charge in [-0.3, -0.25) is 0 Å². The van der Waals surface area contributed by atoms with Gasteiger partial charge in [0, 0.05) is 18.7 Å². The number of ether oxygens (including phenoxy) is 1. The second kappa shape index (κ2) is 7.13. The van der Waals surface area contributed by atoms with E-state index in [0.717, 1.165) is 24.0 Å². The molecule has 0 aliphatic carbocycles. The number of thioether (sulfide) groups is 1. The molecule has 2 rings (SSSR count). The SMILES string of the molecule is COc1cc2c(cc1F)[nH]c(=S)n2CCCCCSC. The molecule has 0 radical (unpaired) electrons. The molecule has 6 heteroatoms. The standard InChI is InChI=1S/C14H19FN2OS2/c1-18-13-9-12-11(8-10(13)15)16-14(19)17(12)6-4-3-5-7-20-2/h8-9H,3-7H2,1-2H3,(H,16,19). The summed E-state index contributed by atoms with van der Waals surface area (Å²) in [7, 11) is 1.47. The highest BCUT2D eigenvalue weighted by Crippen LogP contribution is 2.24. The predicted molar refractivity (Wildman–Crippen MR) is 85.9 cm³/mol. The van der Waals surface area contributed by atoms with E-state index in [1.807, 2.05) is 16.3 Å². The van der Waals surface area contributed by atoms with E-state index in [0.29, 0.717) is 4.77 Å². The molecule has 1 aromatic heterocycles. The second-order valence-electron chi connectivity index (χ2n) is 4.64. The predicted octanol–water partition coefficient (Wildman–Crippen LogP) is 4.38. The molecule has 0 fully saturated rings. The highest BCUT2D eigenvalue weighted by atomic mass is 32.2. The molecule has 0 atom stereocenters. The lowest BCUT2D eigenvalue weighted by Gasteiger charge is -2.06. The molecule has 0 spiro atoms. The molecule has 1 N–H and O–H groups in total. The lowest BCUT2D eigenvalue weighted by atomic mass is 10.2. The Balaban J connectivity index is 2.19. The van der Waals surface area contributed by atoms with E-state index >= 15 is 0 Å². The number of fused-ring (bicyclic) bond motifs is 1. The first-order valence-electron chi connectivity index (χ1n) is 6.62. The minimum Gasteiger partial charge on any atom is -0.494 e.